The summed E-state index contributed by atoms with van der Waals surface area (Å²) in [6.07, 6.45) is 1.49. The molecule has 0 saturated carbocycles. The number of hydrogen-bond donors (Lipinski definition) is 1. The molecule has 0 spiro atoms. The van der Waals surface area contributed by atoms with Gasteiger partial charge in [0.25, 0.3) is 0 Å². The molecule has 17 heavy (non-hydrogen) atoms. The molecule has 0 fully saturated rings. The maximum absolute atomic E-state index is 13.2. The molecule has 0 unspecified atom stereocenters. The van der Waals surface area contributed by atoms with Crippen molar-refractivity contribution in [3.63, 3.8) is 0 Å². The zero-order chi connectivity index (χ0) is 12.3. The third-order valence-corrected chi connectivity index (χ3v) is 2.08. The second-order valence-electron chi connectivity index (χ2n) is 3.25. The number of nitrogens with two attached hydrogens (primary N) is 1. The highest BCUT2D eigenvalue weighted by Crippen LogP contribution is 2.24. The van der Waals surface area contributed by atoms with Crippen LogP contribution in [0.25, 0.3) is 0 Å². The summed E-state index contributed by atoms with van der Waals surface area (Å²) in [7, 11) is 0. The van der Waals surface area contributed by atoms with Gasteiger partial charge in [0.15, 0.2) is 0 Å². The van der Waals surface area contributed by atoms with Crippen molar-refractivity contribution in [3.8, 4) is 17.7 Å². The first-order valence-corrected chi connectivity index (χ1v) is 4.78. The minimum absolute atomic E-state index is 0.0406. The summed E-state index contributed by atoms with van der Waals surface area (Å²) in [5, 5.41) is 8.83. The quantitative estimate of drug-likeness (QED) is 0.803. The number of nitrogens with zero attached hydrogens (tertiary/aromatic N) is 2. The van der Waals surface area contributed by atoms with E-state index in [-0.39, 0.29) is 22.9 Å². The van der Waals surface area contributed by atoms with Gasteiger partial charge in [0.05, 0.1) is 5.69 Å². The number of benzene rings is 1. The molecule has 1 aromatic carbocycles. The van der Waals surface area contributed by atoms with Crippen LogP contribution in [-0.4, -0.2) is 4.98 Å². The fraction of sp³-hybridized carbons (Fsp3) is 0. The van der Waals surface area contributed by atoms with Gasteiger partial charge in [-0.1, -0.05) is 0 Å². The number of aromatic nitrogens is 1. The molecule has 0 aliphatic rings. The number of pyridine rings is 1. The van der Waals surface area contributed by atoms with Crippen LogP contribution in [0.5, 0.6) is 11.6 Å². The van der Waals surface area contributed by atoms with Gasteiger partial charge in [-0.15, -0.1) is 0 Å². The summed E-state index contributed by atoms with van der Waals surface area (Å²) in [5.74, 6) is -0.192. The van der Waals surface area contributed by atoms with E-state index in [1.807, 2.05) is 6.07 Å². The van der Waals surface area contributed by atoms with Gasteiger partial charge in [0, 0.05) is 12.3 Å². The lowest BCUT2D eigenvalue weighted by Gasteiger charge is -2.06. The molecule has 84 valence electrons. The highest BCUT2D eigenvalue weighted by molar-refractivity contribution is 5.46. The van der Waals surface area contributed by atoms with Gasteiger partial charge in [0.2, 0.25) is 5.88 Å². The van der Waals surface area contributed by atoms with Crippen LogP contribution in [0.15, 0.2) is 36.5 Å². The van der Waals surface area contributed by atoms with E-state index in [0.717, 1.165) is 6.07 Å². The van der Waals surface area contributed by atoms with Crippen LogP contribution >= 0.6 is 0 Å². The molecule has 0 aliphatic carbocycles. The summed E-state index contributed by atoms with van der Waals surface area (Å²) in [6, 6.07) is 9.16. The Labute approximate surface area is 97.1 Å². The molecule has 0 amide bonds. The Bertz CT molecular complexity index is 593. The molecule has 0 atom stereocenters. The molecule has 5 heteroatoms. The minimum atomic E-state index is -0.572. The van der Waals surface area contributed by atoms with Crippen LogP contribution in [0.3, 0.4) is 0 Å². The normalized spacial score (nSPS) is 9.65. The average Bonchev–Trinajstić information content (AvgIpc) is 2.34. The second kappa shape index (κ2) is 4.49. The molecule has 1 aromatic heterocycles. The number of nitrogen functional groups attached to an aromatic ring is 1. The zero-order valence-corrected chi connectivity index (χ0v) is 8.72. The van der Waals surface area contributed by atoms with Crippen LogP contribution in [0.2, 0.25) is 0 Å². The van der Waals surface area contributed by atoms with E-state index in [1.165, 1.54) is 18.3 Å². The van der Waals surface area contributed by atoms with Gasteiger partial charge in [0.1, 0.15) is 23.2 Å². The van der Waals surface area contributed by atoms with E-state index in [9.17, 15) is 4.39 Å². The van der Waals surface area contributed by atoms with Crippen LogP contribution in [0, 0.1) is 17.1 Å². The molecule has 2 rings (SSSR count). The smallest absolute Gasteiger partial charge is 0.237 e. The minimum Gasteiger partial charge on any atom is -0.438 e. The summed E-state index contributed by atoms with van der Waals surface area (Å²) in [5.41, 5.74) is 5.66. The van der Waals surface area contributed by atoms with E-state index in [1.54, 1.807) is 12.1 Å². The van der Waals surface area contributed by atoms with Gasteiger partial charge in [-0.3, -0.25) is 0 Å². The summed E-state index contributed by atoms with van der Waals surface area (Å²) in [6.45, 7) is 0. The largest absolute Gasteiger partial charge is 0.438 e. The van der Waals surface area contributed by atoms with Gasteiger partial charge < -0.3 is 10.5 Å². The number of anilines is 1. The van der Waals surface area contributed by atoms with Crippen molar-refractivity contribution < 1.29 is 9.13 Å². The lowest BCUT2D eigenvalue weighted by molar-refractivity contribution is 0.457. The maximum atomic E-state index is 13.2. The first kappa shape index (κ1) is 10.9. The number of rotatable bonds is 2. The van der Waals surface area contributed by atoms with Gasteiger partial charge in [-0.25, -0.2) is 9.37 Å². The molecule has 0 bridgehead atoms. The first-order valence-electron chi connectivity index (χ1n) is 4.78. The summed E-state index contributed by atoms with van der Waals surface area (Å²) >= 11 is 0. The van der Waals surface area contributed by atoms with Gasteiger partial charge >= 0.3 is 0 Å². The van der Waals surface area contributed by atoms with Crippen LogP contribution < -0.4 is 10.5 Å². The van der Waals surface area contributed by atoms with Gasteiger partial charge in [-0.2, -0.15) is 5.26 Å². The molecule has 0 aliphatic heterocycles. The lowest BCUT2D eigenvalue weighted by Crippen LogP contribution is -1.94. The van der Waals surface area contributed by atoms with Crippen molar-refractivity contribution >= 4 is 5.69 Å². The molecule has 0 saturated heterocycles. The standard InChI is InChI=1S/C12H8FN3O/c13-10-6-9(3-4-11(10)15)17-12-8(7-14)2-1-5-16-12/h1-6H,15H2. The molecule has 1 heterocycles. The second-order valence-corrected chi connectivity index (χ2v) is 3.25. The number of nitriles is 1. The molecular formula is C12H8FN3O. The Morgan fingerprint density at radius 2 is 2.18 bits per heavy atom. The molecule has 2 N–H and O–H groups in total. The van der Waals surface area contributed by atoms with Crippen LogP contribution in [-0.2, 0) is 0 Å². The van der Waals surface area contributed by atoms with E-state index in [0.29, 0.717) is 0 Å². The van der Waals surface area contributed by atoms with Crippen LogP contribution in [0.1, 0.15) is 5.56 Å². The Balaban J connectivity index is 2.32. The maximum Gasteiger partial charge on any atom is 0.237 e. The zero-order valence-electron chi connectivity index (χ0n) is 8.72. The van der Waals surface area contributed by atoms with Crippen molar-refractivity contribution in [1.29, 1.82) is 5.26 Å². The first-order chi connectivity index (χ1) is 8.20. The van der Waals surface area contributed by atoms with Gasteiger partial charge in [-0.05, 0) is 24.3 Å². The number of halogens is 1. The number of hydrogen-bond acceptors (Lipinski definition) is 4. The SMILES string of the molecule is N#Cc1cccnc1Oc1ccc(N)c(F)c1. The average molecular weight is 229 g/mol. The number of ether oxygens (including phenoxy) is 1. The summed E-state index contributed by atoms with van der Waals surface area (Å²) in [4.78, 5) is 3.90. The molecule has 2 aromatic rings. The van der Waals surface area contributed by atoms with Crippen molar-refractivity contribution in [2.75, 3.05) is 5.73 Å². The van der Waals surface area contributed by atoms with E-state index >= 15 is 0 Å². The van der Waals surface area contributed by atoms with Crippen LogP contribution in [0.4, 0.5) is 10.1 Å². The monoisotopic (exact) mass is 229 g/mol. The Hall–Kier alpha value is -2.61. The van der Waals surface area contributed by atoms with E-state index < -0.39 is 5.82 Å². The Kier molecular flexibility index (Phi) is 2.88. The van der Waals surface area contributed by atoms with Crippen molar-refractivity contribution in [1.82, 2.24) is 4.98 Å². The highest BCUT2D eigenvalue weighted by atomic mass is 19.1. The fourth-order valence-electron chi connectivity index (χ4n) is 1.24. The van der Waals surface area contributed by atoms with Crippen molar-refractivity contribution in [2.45, 2.75) is 0 Å². The predicted octanol–water partition coefficient (Wildman–Crippen LogP) is 2.47. The predicted molar refractivity (Wildman–Crippen MR) is 59.8 cm³/mol. The molecule has 0 radical (unpaired) electrons. The van der Waals surface area contributed by atoms with E-state index in [4.69, 9.17) is 15.7 Å². The fourth-order valence-corrected chi connectivity index (χ4v) is 1.24. The van der Waals surface area contributed by atoms with E-state index in [2.05, 4.69) is 4.98 Å². The Morgan fingerprint density at radius 1 is 1.35 bits per heavy atom. The van der Waals surface area contributed by atoms with Crippen molar-refractivity contribution in [2.24, 2.45) is 0 Å². The lowest BCUT2D eigenvalue weighted by atomic mass is 10.3. The summed E-state index contributed by atoms with van der Waals surface area (Å²) < 4.78 is 18.5. The topological polar surface area (TPSA) is 71.9 Å². The van der Waals surface area contributed by atoms with Crippen molar-refractivity contribution in [3.05, 3.63) is 47.9 Å². The molecular weight excluding hydrogens is 221 g/mol. The highest BCUT2D eigenvalue weighted by Gasteiger charge is 2.07. The third kappa shape index (κ3) is 2.32. The third-order valence-electron chi connectivity index (χ3n) is 2.08. The molecule has 4 nitrogen and oxygen atoms in total. The Morgan fingerprint density at radius 3 is 2.88 bits per heavy atom.